The van der Waals surface area contributed by atoms with Gasteiger partial charge in [-0.2, -0.15) is 0 Å². The fraction of sp³-hybridized carbons (Fsp3) is 0.231. The molecule has 0 bridgehead atoms. The van der Waals surface area contributed by atoms with Gasteiger partial charge < -0.3 is 15.0 Å². The van der Waals surface area contributed by atoms with Crippen molar-refractivity contribution in [3.63, 3.8) is 0 Å². The van der Waals surface area contributed by atoms with Gasteiger partial charge in [0.15, 0.2) is 0 Å². The fourth-order valence-corrected chi connectivity index (χ4v) is 3.43. The summed E-state index contributed by atoms with van der Waals surface area (Å²) in [5.41, 5.74) is 3.26. The van der Waals surface area contributed by atoms with Gasteiger partial charge in [0.05, 0.1) is 19.0 Å². The molecule has 0 radical (unpaired) electrons. The number of hydrogen-bond acceptors (Lipinski definition) is 3. The first-order chi connectivity index (χ1) is 15.5. The maximum Gasteiger partial charge on any atom is 0.253 e. The highest BCUT2D eigenvalue weighted by molar-refractivity contribution is 5.94. The molecular weight excluding hydrogens is 407 g/mol. The predicted octanol–water partition coefficient (Wildman–Crippen LogP) is 4.43. The van der Waals surface area contributed by atoms with Crippen LogP contribution in [0.25, 0.3) is 0 Å². The van der Waals surface area contributed by atoms with Crippen LogP contribution in [0.4, 0.5) is 10.1 Å². The number of halogens is 1. The number of rotatable bonds is 9. The molecule has 5 nitrogen and oxygen atoms in total. The predicted molar refractivity (Wildman–Crippen MR) is 123 cm³/mol. The number of amides is 2. The maximum atomic E-state index is 13.3. The molecule has 3 aromatic rings. The van der Waals surface area contributed by atoms with Crippen LogP contribution < -0.4 is 10.2 Å². The van der Waals surface area contributed by atoms with Crippen molar-refractivity contribution in [3.8, 4) is 0 Å². The molecule has 2 amide bonds. The lowest BCUT2D eigenvalue weighted by atomic mass is 10.1. The molecule has 1 unspecified atom stereocenters. The third-order valence-corrected chi connectivity index (χ3v) is 5.09. The minimum absolute atomic E-state index is 0.0828. The lowest BCUT2D eigenvalue weighted by molar-refractivity contribution is -0.122. The Hall–Kier alpha value is -3.51. The van der Waals surface area contributed by atoms with Crippen LogP contribution in [-0.4, -0.2) is 25.5 Å². The first kappa shape index (κ1) is 23.2. The molecule has 6 heteroatoms. The van der Waals surface area contributed by atoms with Gasteiger partial charge in [-0.15, -0.1) is 0 Å². The van der Waals surface area contributed by atoms with Gasteiger partial charge in [-0.25, -0.2) is 4.39 Å². The van der Waals surface area contributed by atoms with E-state index in [9.17, 15) is 14.0 Å². The van der Waals surface area contributed by atoms with Crippen LogP contribution in [-0.2, 0) is 27.3 Å². The van der Waals surface area contributed by atoms with E-state index in [-0.39, 0.29) is 43.2 Å². The summed E-state index contributed by atoms with van der Waals surface area (Å²) >= 11 is 0. The first-order valence-corrected chi connectivity index (χ1v) is 10.4. The molecule has 0 saturated carbocycles. The molecule has 1 atom stereocenters. The van der Waals surface area contributed by atoms with Crippen molar-refractivity contribution in [2.45, 2.75) is 25.9 Å². The van der Waals surface area contributed by atoms with Gasteiger partial charge in [0.2, 0.25) is 5.91 Å². The monoisotopic (exact) mass is 434 g/mol. The van der Waals surface area contributed by atoms with Crippen molar-refractivity contribution < 1.29 is 18.7 Å². The standard InChI is InChI=1S/C26H27FN2O3/c1-19(22-8-4-3-5-9-22)28-25(30)16-21-7-6-10-24(15-21)29(26(31)18-32-2)17-20-11-13-23(27)14-12-20/h3-15,19H,16-18H2,1-2H3,(H,28,30). The molecule has 0 heterocycles. The summed E-state index contributed by atoms with van der Waals surface area (Å²) in [6, 6.07) is 23.0. The molecule has 3 aromatic carbocycles. The summed E-state index contributed by atoms with van der Waals surface area (Å²) in [6.07, 6.45) is 0.188. The number of methoxy groups -OCH3 is 1. The quantitative estimate of drug-likeness (QED) is 0.542. The molecule has 0 aromatic heterocycles. The summed E-state index contributed by atoms with van der Waals surface area (Å²) < 4.78 is 18.3. The van der Waals surface area contributed by atoms with Crippen LogP contribution in [0.3, 0.4) is 0 Å². The summed E-state index contributed by atoms with van der Waals surface area (Å²) in [7, 11) is 1.46. The van der Waals surface area contributed by atoms with Crippen LogP contribution in [0.5, 0.6) is 0 Å². The van der Waals surface area contributed by atoms with Gasteiger partial charge in [0.1, 0.15) is 12.4 Å². The zero-order valence-corrected chi connectivity index (χ0v) is 18.3. The van der Waals surface area contributed by atoms with E-state index < -0.39 is 0 Å². The maximum absolute atomic E-state index is 13.3. The summed E-state index contributed by atoms with van der Waals surface area (Å²) in [4.78, 5) is 26.9. The Labute approximate surface area is 187 Å². The normalized spacial score (nSPS) is 11.6. The Morgan fingerprint density at radius 1 is 0.969 bits per heavy atom. The van der Waals surface area contributed by atoms with E-state index in [1.807, 2.05) is 61.5 Å². The smallest absolute Gasteiger partial charge is 0.253 e. The SMILES string of the molecule is COCC(=O)N(Cc1ccc(F)cc1)c1cccc(CC(=O)NC(C)c2ccccc2)c1. The highest BCUT2D eigenvalue weighted by Crippen LogP contribution is 2.21. The molecule has 1 N–H and O–H groups in total. The Morgan fingerprint density at radius 3 is 2.38 bits per heavy atom. The Balaban J connectivity index is 1.73. The number of ether oxygens (including phenoxy) is 1. The average Bonchev–Trinajstić information content (AvgIpc) is 2.79. The highest BCUT2D eigenvalue weighted by Gasteiger charge is 2.17. The molecule has 3 rings (SSSR count). The van der Waals surface area contributed by atoms with E-state index in [1.165, 1.54) is 19.2 Å². The van der Waals surface area contributed by atoms with Crippen molar-refractivity contribution in [1.29, 1.82) is 0 Å². The van der Waals surface area contributed by atoms with Crippen LogP contribution in [0.15, 0.2) is 78.9 Å². The first-order valence-electron chi connectivity index (χ1n) is 10.4. The number of nitrogens with zero attached hydrogens (tertiary/aromatic N) is 1. The molecule has 0 aliphatic heterocycles. The molecular formula is C26H27FN2O3. The lowest BCUT2D eigenvalue weighted by Gasteiger charge is -2.23. The highest BCUT2D eigenvalue weighted by atomic mass is 19.1. The molecule has 0 aliphatic carbocycles. The number of anilines is 1. The zero-order valence-electron chi connectivity index (χ0n) is 18.3. The van der Waals surface area contributed by atoms with E-state index in [1.54, 1.807) is 17.0 Å². The Kier molecular flexibility index (Phi) is 8.11. The van der Waals surface area contributed by atoms with Crippen molar-refractivity contribution >= 4 is 17.5 Å². The minimum atomic E-state index is -0.332. The molecule has 32 heavy (non-hydrogen) atoms. The molecule has 0 aliphatic rings. The third-order valence-electron chi connectivity index (χ3n) is 5.09. The molecule has 0 saturated heterocycles. The Morgan fingerprint density at radius 2 is 1.69 bits per heavy atom. The van der Waals surface area contributed by atoms with Gasteiger partial charge in [0, 0.05) is 12.8 Å². The zero-order chi connectivity index (χ0) is 22.9. The van der Waals surface area contributed by atoms with Gasteiger partial charge in [0.25, 0.3) is 5.91 Å². The van der Waals surface area contributed by atoms with E-state index >= 15 is 0 Å². The fourth-order valence-electron chi connectivity index (χ4n) is 3.43. The van der Waals surface area contributed by atoms with E-state index in [2.05, 4.69) is 5.32 Å². The minimum Gasteiger partial charge on any atom is -0.375 e. The van der Waals surface area contributed by atoms with Crippen LogP contribution in [0.2, 0.25) is 0 Å². The average molecular weight is 435 g/mol. The second-order valence-corrected chi connectivity index (χ2v) is 7.59. The second-order valence-electron chi connectivity index (χ2n) is 7.59. The Bertz CT molecular complexity index is 1040. The summed E-state index contributed by atoms with van der Waals surface area (Å²) in [5, 5.41) is 3.01. The molecule has 0 fully saturated rings. The van der Waals surface area contributed by atoms with Crippen LogP contribution in [0.1, 0.15) is 29.7 Å². The summed E-state index contributed by atoms with van der Waals surface area (Å²) in [6.45, 7) is 2.13. The topological polar surface area (TPSA) is 58.6 Å². The second kappa shape index (κ2) is 11.2. The van der Waals surface area contributed by atoms with Gasteiger partial charge in [-0.05, 0) is 47.9 Å². The van der Waals surface area contributed by atoms with Gasteiger partial charge >= 0.3 is 0 Å². The molecule has 0 spiro atoms. The van der Waals surface area contributed by atoms with Crippen molar-refractivity contribution in [3.05, 3.63) is 101 Å². The van der Waals surface area contributed by atoms with Crippen molar-refractivity contribution in [2.75, 3.05) is 18.6 Å². The third kappa shape index (κ3) is 6.49. The van der Waals surface area contributed by atoms with Crippen LogP contribution >= 0.6 is 0 Å². The van der Waals surface area contributed by atoms with Gasteiger partial charge in [-0.3, -0.25) is 9.59 Å². The largest absolute Gasteiger partial charge is 0.375 e. The summed E-state index contributed by atoms with van der Waals surface area (Å²) in [5.74, 6) is -0.663. The number of hydrogen-bond donors (Lipinski definition) is 1. The van der Waals surface area contributed by atoms with Crippen molar-refractivity contribution in [2.24, 2.45) is 0 Å². The lowest BCUT2D eigenvalue weighted by Crippen LogP contribution is -2.33. The number of carbonyl (C=O) groups is 2. The van der Waals surface area contributed by atoms with Crippen molar-refractivity contribution in [1.82, 2.24) is 5.32 Å². The molecule has 166 valence electrons. The number of benzene rings is 3. The van der Waals surface area contributed by atoms with Crippen LogP contribution in [0, 0.1) is 5.82 Å². The van der Waals surface area contributed by atoms with E-state index in [4.69, 9.17) is 4.74 Å². The van der Waals surface area contributed by atoms with E-state index in [0.29, 0.717) is 5.69 Å². The van der Waals surface area contributed by atoms with Gasteiger partial charge in [-0.1, -0.05) is 54.6 Å². The number of nitrogens with one attached hydrogen (secondary N) is 1. The van der Waals surface area contributed by atoms with E-state index in [0.717, 1.165) is 16.7 Å². The number of carbonyl (C=O) groups excluding carboxylic acids is 2.